The fraction of sp³-hybridized carbons (Fsp3) is 0.457. The van der Waals surface area contributed by atoms with Gasteiger partial charge in [-0.3, -0.25) is 33.6 Å². The van der Waals surface area contributed by atoms with E-state index in [9.17, 15) is 54.0 Å². The first-order valence-electron chi connectivity index (χ1n) is 21.7. The van der Waals surface area contributed by atoms with E-state index in [1.54, 1.807) is 36.4 Å². The van der Waals surface area contributed by atoms with Crippen LogP contribution in [-0.2, 0) is 52.8 Å². The maximum absolute atomic E-state index is 14.6. The molecule has 7 atom stereocenters. The summed E-state index contributed by atoms with van der Waals surface area (Å²) in [5.74, 6) is -5.24. The van der Waals surface area contributed by atoms with Gasteiger partial charge in [-0.25, -0.2) is 0 Å². The number of nitrogens with zero attached hydrogens (tertiary/aromatic N) is 2. The number of carbonyl (C=O) groups is 7. The lowest BCUT2D eigenvalue weighted by Gasteiger charge is -2.31. The highest BCUT2D eigenvalue weighted by Gasteiger charge is 2.42. The Morgan fingerprint density at radius 1 is 0.484 bits per heavy atom. The lowest BCUT2D eigenvalue weighted by Crippen LogP contribution is -2.60. The molecule has 0 aliphatic carbocycles. The monoisotopic (exact) mass is 883 g/mol. The molecule has 3 saturated heterocycles. The predicted molar refractivity (Wildman–Crippen MR) is 231 cm³/mol. The molecule has 64 heavy (non-hydrogen) atoms. The summed E-state index contributed by atoms with van der Waals surface area (Å²) in [4.78, 5) is 103. The minimum atomic E-state index is -1.54. The van der Waals surface area contributed by atoms with Gasteiger partial charge in [-0.2, -0.15) is 0 Å². The van der Waals surface area contributed by atoms with Gasteiger partial charge in [-0.15, -0.1) is 0 Å². The van der Waals surface area contributed by atoms with Crippen LogP contribution in [0.3, 0.4) is 0 Å². The molecule has 3 heterocycles. The van der Waals surface area contributed by atoms with Crippen LogP contribution in [0.5, 0.6) is 17.2 Å². The number of benzene rings is 3. The van der Waals surface area contributed by atoms with Crippen molar-refractivity contribution in [2.24, 2.45) is 5.92 Å². The summed E-state index contributed by atoms with van der Waals surface area (Å²) in [5, 5.41) is 53.9. The molecule has 0 radical (unpaired) electrons. The summed E-state index contributed by atoms with van der Waals surface area (Å²) >= 11 is 0. The third-order valence-electron chi connectivity index (χ3n) is 11.8. The van der Waals surface area contributed by atoms with Crippen LogP contribution in [-0.4, -0.2) is 134 Å². The number of nitrogens with one attached hydrogen (secondary N) is 5. The van der Waals surface area contributed by atoms with Gasteiger partial charge in [0.2, 0.25) is 41.4 Å². The lowest BCUT2D eigenvalue weighted by molar-refractivity contribution is -0.143. The molecule has 9 N–H and O–H groups in total. The van der Waals surface area contributed by atoms with Gasteiger partial charge in [0.1, 0.15) is 59.5 Å². The number of fused-ring (bicyclic) bond motifs is 2. The second-order valence-electron chi connectivity index (χ2n) is 17.1. The Morgan fingerprint density at radius 3 is 1.20 bits per heavy atom. The van der Waals surface area contributed by atoms with Crippen LogP contribution in [0.1, 0.15) is 62.6 Å². The number of aliphatic hydroxyl groups is 1. The molecule has 3 aliphatic heterocycles. The largest absolute Gasteiger partial charge is 0.508 e. The maximum Gasteiger partial charge on any atom is 0.246 e. The highest BCUT2D eigenvalue weighted by atomic mass is 16.3. The Labute approximate surface area is 370 Å². The number of aliphatic hydroxyl groups excluding tert-OH is 1. The first-order chi connectivity index (χ1) is 30.6. The molecule has 3 aliphatic rings. The summed E-state index contributed by atoms with van der Waals surface area (Å²) in [6.45, 7) is 3.06. The molecule has 0 aromatic heterocycles. The van der Waals surface area contributed by atoms with Gasteiger partial charge < -0.3 is 56.8 Å². The Balaban J connectivity index is 1.41. The molecule has 3 fully saturated rings. The topological polar surface area (TPSA) is 267 Å². The van der Waals surface area contributed by atoms with Crippen molar-refractivity contribution in [3.8, 4) is 17.2 Å². The van der Waals surface area contributed by atoms with E-state index in [0.29, 0.717) is 29.5 Å². The number of carbonyl (C=O) groups excluding carboxylic acids is 7. The van der Waals surface area contributed by atoms with Gasteiger partial charge in [0.15, 0.2) is 0 Å². The second kappa shape index (κ2) is 21.1. The minimum absolute atomic E-state index is 0.0184. The highest BCUT2D eigenvalue weighted by molar-refractivity contribution is 5.99. The Kier molecular flexibility index (Phi) is 15.4. The Morgan fingerprint density at radius 2 is 0.812 bits per heavy atom. The third-order valence-corrected chi connectivity index (χ3v) is 11.8. The van der Waals surface area contributed by atoms with E-state index in [-0.39, 0.29) is 74.8 Å². The molecule has 18 heteroatoms. The normalized spacial score (nSPS) is 25.4. The molecule has 0 saturated carbocycles. The van der Waals surface area contributed by atoms with E-state index in [1.807, 2.05) is 13.8 Å². The molecule has 3 aromatic carbocycles. The summed E-state index contributed by atoms with van der Waals surface area (Å²) in [5.41, 5.74) is 1.67. The van der Waals surface area contributed by atoms with Crippen molar-refractivity contribution in [3.05, 3.63) is 89.5 Å². The van der Waals surface area contributed by atoms with Crippen molar-refractivity contribution in [1.82, 2.24) is 36.4 Å². The predicted octanol–water partition coefficient (Wildman–Crippen LogP) is 0.289. The number of phenols is 3. The third kappa shape index (κ3) is 11.9. The van der Waals surface area contributed by atoms with Crippen LogP contribution < -0.4 is 26.6 Å². The van der Waals surface area contributed by atoms with Gasteiger partial charge in [-0.05, 0) is 91.1 Å². The molecule has 3 aromatic rings. The minimum Gasteiger partial charge on any atom is -0.508 e. The first kappa shape index (κ1) is 46.8. The average molecular weight is 884 g/mol. The molecule has 0 spiro atoms. The zero-order valence-electron chi connectivity index (χ0n) is 35.9. The SMILES string of the molecule is CC(C)C[C@@H]1NC(=O)[C@H](CO)NC(=O)[C@@H]2CCCN2C(=O)[C@H](Cc2ccc(O)cc2)NC(=O)[C@H](Cc2ccc(O)cc2)NC(=O)[C@@H]2CCCN2C(=O)[C@H](Cc2ccc(O)cc2)NC1=O. The van der Waals surface area contributed by atoms with Crippen LogP contribution in [0, 0.1) is 5.92 Å². The highest BCUT2D eigenvalue weighted by Crippen LogP contribution is 2.24. The van der Waals surface area contributed by atoms with Gasteiger partial charge >= 0.3 is 0 Å². The number of aromatic hydroxyl groups is 3. The van der Waals surface area contributed by atoms with Crippen molar-refractivity contribution < 1.29 is 54.0 Å². The van der Waals surface area contributed by atoms with Crippen LogP contribution in [0.2, 0.25) is 0 Å². The van der Waals surface area contributed by atoms with Crippen molar-refractivity contribution in [1.29, 1.82) is 0 Å². The van der Waals surface area contributed by atoms with Crippen molar-refractivity contribution >= 4 is 41.4 Å². The van der Waals surface area contributed by atoms with E-state index >= 15 is 0 Å². The van der Waals surface area contributed by atoms with Crippen molar-refractivity contribution in [2.75, 3.05) is 19.7 Å². The quantitative estimate of drug-likeness (QED) is 0.141. The van der Waals surface area contributed by atoms with E-state index < -0.39 is 90.3 Å². The molecule has 6 rings (SSSR count). The van der Waals surface area contributed by atoms with Gasteiger partial charge in [0.25, 0.3) is 0 Å². The number of hydrogen-bond donors (Lipinski definition) is 9. The van der Waals surface area contributed by atoms with E-state index in [1.165, 1.54) is 46.2 Å². The maximum atomic E-state index is 14.6. The van der Waals surface area contributed by atoms with E-state index in [2.05, 4.69) is 26.6 Å². The van der Waals surface area contributed by atoms with Crippen molar-refractivity contribution in [2.45, 2.75) is 108 Å². The molecule has 18 nitrogen and oxygen atoms in total. The average Bonchev–Trinajstić information content (AvgIpc) is 3.97. The molecular weight excluding hydrogens is 827 g/mol. The van der Waals surface area contributed by atoms with Gasteiger partial charge in [0.05, 0.1) is 6.61 Å². The number of amides is 7. The van der Waals surface area contributed by atoms with Crippen LogP contribution in [0.4, 0.5) is 0 Å². The smallest absolute Gasteiger partial charge is 0.246 e. The first-order valence-corrected chi connectivity index (χ1v) is 21.7. The molecule has 0 unspecified atom stereocenters. The zero-order valence-corrected chi connectivity index (χ0v) is 35.9. The number of hydrogen-bond acceptors (Lipinski definition) is 11. The Hall–Kier alpha value is -6.69. The van der Waals surface area contributed by atoms with Gasteiger partial charge in [-0.1, -0.05) is 50.2 Å². The lowest BCUT2D eigenvalue weighted by atomic mass is 10.00. The van der Waals surface area contributed by atoms with Crippen molar-refractivity contribution in [3.63, 3.8) is 0 Å². The van der Waals surface area contributed by atoms with Crippen LogP contribution in [0.15, 0.2) is 72.8 Å². The molecular formula is C46H57N7O11. The standard InChI is InChI=1S/C46H57N7O11/c1-26(2)21-33-40(58)49-35(23-28-9-15-31(56)16-10-28)45(63)52-19-3-5-38(52)43(61)48-34(22-27-7-13-30(55)14-8-27)41(59)50-36(24-29-11-17-32(57)18-12-29)46(64)53-20-4-6-39(53)44(62)51-37(25-54)42(60)47-33/h7-18,26,33-39,54-57H,3-6,19-25H2,1-2H3,(H,47,60)(H,48,61)(H,49,58)(H,50,59)(H,51,62)/t33-,34-,35-,36-,37-,38-,39-/m0/s1. The number of phenolic OH excluding ortho intramolecular Hbond substituents is 3. The molecule has 7 amide bonds. The van der Waals surface area contributed by atoms with Gasteiger partial charge in [0, 0.05) is 32.4 Å². The summed E-state index contributed by atoms with van der Waals surface area (Å²) < 4.78 is 0. The second-order valence-corrected chi connectivity index (χ2v) is 17.1. The zero-order chi connectivity index (χ0) is 46.1. The number of rotatable bonds is 9. The fourth-order valence-corrected chi connectivity index (χ4v) is 8.47. The van der Waals surface area contributed by atoms with Crippen LogP contribution in [0.25, 0.3) is 0 Å². The summed E-state index contributed by atoms with van der Waals surface area (Å²) in [6.07, 6.45) is 1.11. The fourth-order valence-electron chi connectivity index (χ4n) is 8.47. The summed E-state index contributed by atoms with van der Waals surface area (Å²) in [7, 11) is 0. The molecule has 0 bridgehead atoms. The van der Waals surface area contributed by atoms with Crippen LogP contribution >= 0.6 is 0 Å². The summed E-state index contributed by atoms with van der Waals surface area (Å²) in [6, 6.07) is 9.21. The van der Waals surface area contributed by atoms with E-state index in [0.717, 1.165) is 0 Å². The molecule has 342 valence electrons. The Bertz CT molecular complexity index is 2170. The van der Waals surface area contributed by atoms with E-state index in [4.69, 9.17) is 0 Å².